The van der Waals surface area contributed by atoms with E-state index in [0.717, 1.165) is 28.8 Å². The largest absolute Gasteiger partial charge is 0.454 e. The van der Waals surface area contributed by atoms with Crippen molar-refractivity contribution in [3.8, 4) is 11.5 Å². The summed E-state index contributed by atoms with van der Waals surface area (Å²) in [6.07, 6.45) is 0. The zero-order valence-corrected chi connectivity index (χ0v) is 18.8. The molecule has 1 heterocycles. The lowest BCUT2D eigenvalue weighted by Gasteiger charge is -2.29. The zero-order valence-electron chi connectivity index (χ0n) is 18.8. The smallest absolute Gasteiger partial charge is 0.254 e. The third kappa shape index (κ3) is 4.87. The normalized spacial score (nSPS) is 13.0. The molecule has 1 unspecified atom stereocenters. The molecule has 1 aliphatic rings. The Morgan fingerprint density at radius 2 is 1.43 bits per heavy atom. The molecule has 0 spiro atoms. The molecule has 1 amide bonds. The second kappa shape index (κ2) is 9.97. The summed E-state index contributed by atoms with van der Waals surface area (Å²) in [5, 5.41) is 2.87. The van der Waals surface area contributed by atoms with Crippen LogP contribution in [-0.2, 0) is 0 Å². The van der Waals surface area contributed by atoms with E-state index in [2.05, 4.69) is 29.6 Å². The summed E-state index contributed by atoms with van der Waals surface area (Å²) in [7, 11) is 0. The average molecular weight is 472 g/mol. The molecule has 4 aromatic rings. The molecule has 4 aromatic carbocycles. The van der Waals surface area contributed by atoms with Gasteiger partial charge in [0.25, 0.3) is 5.91 Å². The Hall–Kier alpha value is -4.19. The lowest BCUT2D eigenvalue weighted by atomic mass is 9.77. The monoisotopic (exact) mass is 471 g/mol. The van der Waals surface area contributed by atoms with Gasteiger partial charge < -0.3 is 14.8 Å². The van der Waals surface area contributed by atoms with E-state index in [1.807, 2.05) is 54.6 Å². The van der Waals surface area contributed by atoms with Crippen LogP contribution in [-0.4, -0.2) is 19.2 Å². The zero-order chi connectivity index (χ0) is 24.2. The lowest BCUT2D eigenvalue weighted by Crippen LogP contribution is -2.32. The third-order valence-corrected chi connectivity index (χ3v) is 6.20. The van der Waals surface area contributed by atoms with Gasteiger partial charge in [-0.15, -0.1) is 0 Å². The molecule has 6 heteroatoms. The summed E-state index contributed by atoms with van der Waals surface area (Å²) >= 11 is 0. The second-order valence-corrected chi connectivity index (χ2v) is 8.35. The maximum absolute atomic E-state index is 14.3. The highest BCUT2D eigenvalue weighted by atomic mass is 19.1. The number of hydrogen-bond donors (Lipinski definition) is 1. The van der Waals surface area contributed by atoms with E-state index >= 15 is 0 Å². The lowest BCUT2D eigenvalue weighted by molar-refractivity contribution is 0.0946. The van der Waals surface area contributed by atoms with E-state index in [1.165, 1.54) is 0 Å². The average Bonchev–Trinajstić information content (AvgIpc) is 3.35. The molecular weight excluding hydrogens is 448 g/mol. The van der Waals surface area contributed by atoms with Crippen molar-refractivity contribution in [3.05, 3.63) is 131 Å². The van der Waals surface area contributed by atoms with Gasteiger partial charge in [0.2, 0.25) is 6.79 Å². The Kier molecular flexibility index (Phi) is 6.44. The molecule has 0 aliphatic carbocycles. The van der Waals surface area contributed by atoms with E-state index in [9.17, 15) is 13.6 Å². The van der Waals surface area contributed by atoms with Gasteiger partial charge in [-0.3, -0.25) is 4.79 Å². The van der Waals surface area contributed by atoms with Gasteiger partial charge in [0.1, 0.15) is 11.6 Å². The summed E-state index contributed by atoms with van der Waals surface area (Å²) in [4.78, 5) is 12.9. The Labute approximate surface area is 202 Å². The quantitative estimate of drug-likeness (QED) is 0.358. The van der Waals surface area contributed by atoms with Crippen molar-refractivity contribution in [1.29, 1.82) is 0 Å². The number of halogens is 2. The van der Waals surface area contributed by atoms with E-state index < -0.39 is 17.5 Å². The fourth-order valence-electron chi connectivity index (χ4n) is 4.52. The summed E-state index contributed by atoms with van der Waals surface area (Å²) in [6.45, 7) is 0.370. The van der Waals surface area contributed by atoms with Crippen molar-refractivity contribution in [2.75, 3.05) is 13.3 Å². The molecule has 0 fully saturated rings. The minimum atomic E-state index is -0.898. The van der Waals surface area contributed by atoms with Gasteiger partial charge in [0, 0.05) is 24.4 Å². The van der Waals surface area contributed by atoms with Crippen LogP contribution in [0, 0.1) is 11.6 Å². The molecule has 1 atom stereocenters. The Morgan fingerprint density at radius 1 is 0.771 bits per heavy atom. The van der Waals surface area contributed by atoms with Crippen LogP contribution < -0.4 is 14.8 Å². The van der Waals surface area contributed by atoms with Crippen LogP contribution in [0.1, 0.15) is 38.9 Å². The van der Waals surface area contributed by atoms with Crippen molar-refractivity contribution in [1.82, 2.24) is 5.32 Å². The predicted molar refractivity (Wildman–Crippen MR) is 129 cm³/mol. The van der Waals surface area contributed by atoms with Crippen molar-refractivity contribution in [3.63, 3.8) is 0 Å². The van der Waals surface area contributed by atoms with Gasteiger partial charge in [-0.2, -0.15) is 0 Å². The third-order valence-electron chi connectivity index (χ3n) is 6.20. The number of hydrogen-bond acceptors (Lipinski definition) is 3. The molecule has 176 valence electrons. The van der Waals surface area contributed by atoms with Crippen LogP contribution in [0.25, 0.3) is 0 Å². The summed E-state index contributed by atoms with van der Waals surface area (Å²) in [5.41, 5.74) is 2.88. The number of amides is 1. The summed E-state index contributed by atoms with van der Waals surface area (Å²) in [6, 6.07) is 28.7. The van der Waals surface area contributed by atoms with Gasteiger partial charge in [0.15, 0.2) is 11.5 Å². The number of carbonyl (C=O) groups is 1. The molecule has 5 rings (SSSR count). The van der Waals surface area contributed by atoms with Crippen LogP contribution in [0.4, 0.5) is 8.78 Å². The van der Waals surface area contributed by atoms with Crippen molar-refractivity contribution >= 4 is 5.91 Å². The molecular formula is C29H23F2NO3. The Balaban J connectivity index is 1.54. The topological polar surface area (TPSA) is 47.6 Å². The number of rotatable bonds is 7. The van der Waals surface area contributed by atoms with Gasteiger partial charge in [-0.1, -0.05) is 66.7 Å². The highest BCUT2D eigenvalue weighted by Crippen LogP contribution is 2.42. The minimum absolute atomic E-state index is 0.115. The van der Waals surface area contributed by atoms with Crippen LogP contribution in [0.15, 0.2) is 97.1 Å². The number of nitrogens with one attached hydrogen (secondary N) is 1. The molecule has 0 aromatic heterocycles. The van der Waals surface area contributed by atoms with Crippen LogP contribution in [0.3, 0.4) is 0 Å². The van der Waals surface area contributed by atoms with E-state index in [0.29, 0.717) is 17.6 Å². The number of fused-ring (bicyclic) bond motifs is 1. The van der Waals surface area contributed by atoms with Crippen LogP contribution >= 0.6 is 0 Å². The first-order valence-electron chi connectivity index (χ1n) is 11.3. The van der Waals surface area contributed by atoms with Gasteiger partial charge >= 0.3 is 0 Å². The highest BCUT2D eigenvalue weighted by molar-refractivity contribution is 5.94. The molecule has 1 N–H and O–H groups in total. The molecule has 0 saturated carbocycles. The molecule has 1 aliphatic heterocycles. The summed E-state index contributed by atoms with van der Waals surface area (Å²) in [5.74, 6) is -1.26. The molecule has 0 saturated heterocycles. The molecule has 35 heavy (non-hydrogen) atoms. The summed E-state index contributed by atoms with van der Waals surface area (Å²) < 4.78 is 38.7. The Bertz CT molecular complexity index is 1290. The predicted octanol–water partition coefficient (Wildman–Crippen LogP) is 6.04. The maximum Gasteiger partial charge on any atom is 0.254 e. The van der Waals surface area contributed by atoms with Crippen molar-refractivity contribution in [2.24, 2.45) is 0 Å². The number of carbonyl (C=O) groups excluding carboxylic acids is 1. The molecule has 4 nitrogen and oxygen atoms in total. The maximum atomic E-state index is 14.3. The van der Waals surface area contributed by atoms with Crippen LogP contribution in [0.2, 0.25) is 0 Å². The van der Waals surface area contributed by atoms with E-state index in [-0.39, 0.29) is 30.7 Å². The SMILES string of the molecule is O=C(NCC(c1ccc2c(c1)OCO2)C(c1ccccc1)c1ccccc1)c1ccc(F)cc1F. The van der Waals surface area contributed by atoms with Gasteiger partial charge in [-0.25, -0.2) is 8.78 Å². The van der Waals surface area contributed by atoms with Crippen molar-refractivity contribution < 1.29 is 23.0 Å². The first-order valence-corrected chi connectivity index (χ1v) is 11.3. The fourth-order valence-corrected chi connectivity index (χ4v) is 4.52. The van der Waals surface area contributed by atoms with E-state index in [4.69, 9.17) is 9.47 Å². The number of ether oxygens (including phenoxy) is 2. The number of benzene rings is 4. The standard InChI is InChI=1S/C29H23F2NO3/c30-22-12-13-23(25(31)16-22)29(33)32-17-24(21-11-14-26-27(15-21)35-18-34-26)28(19-7-3-1-4-8-19)20-9-5-2-6-10-20/h1-16,24,28H,17-18H2,(H,32,33). The van der Waals surface area contributed by atoms with Crippen LogP contribution in [0.5, 0.6) is 11.5 Å². The Morgan fingerprint density at radius 3 is 2.09 bits per heavy atom. The minimum Gasteiger partial charge on any atom is -0.454 e. The fraction of sp³-hybridized carbons (Fsp3) is 0.138. The second-order valence-electron chi connectivity index (χ2n) is 8.35. The van der Waals surface area contributed by atoms with Gasteiger partial charge in [0.05, 0.1) is 5.56 Å². The highest BCUT2D eigenvalue weighted by Gasteiger charge is 2.29. The molecule has 0 bridgehead atoms. The van der Waals surface area contributed by atoms with E-state index in [1.54, 1.807) is 0 Å². The van der Waals surface area contributed by atoms with Gasteiger partial charge in [-0.05, 0) is 41.0 Å². The first kappa shape index (κ1) is 22.6. The van der Waals surface area contributed by atoms with Crippen molar-refractivity contribution in [2.45, 2.75) is 11.8 Å². The molecule has 0 radical (unpaired) electrons. The first-order chi connectivity index (χ1) is 17.1.